The Hall–Kier alpha value is -2.14. The molecule has 3 aliphatic rings. The van der Waals surface area contributed by atoms with E-state index >= 15 is 0 Å². The van der Waals surface area contributed by atoms with Gasteiger partial charge in [0.15, 0.2) is 0 Å². The van der Waals surface area contributed by atoms with Gasteiger partial charge in [-0.05, 0) is 51.3 Å². The number of carbonyl (C=O) groups is 1. The molecular weight excluding hydrogens is 336 g/mol. The molecule has 5 nitrogen and oxygen atoms in total. The van der Waals surface area contributed by atoms with Crippen LogP contribution in [0.4, 0.5) is 5.69 Å². The number of para-hydroxylation sites is 1. The Balaban J connectivity index is 1.48. The fourth-order valence-electron chi connectivity index (χ4n) is 5.82. The van der Waals surface area contributed by atoms with Gasteiger partial charge in [0.25, 0.3) is 0 Å². The van der Waals surface area contributed by atoms with Crippen LogP contribution in [0.25, 0.3) is 0 Å². The first-order valence-electron chi connectivity index (χ1n) is 10.3. The first kappa shape index (κ1) is 17.0. The molecule has 142 valence electrons. The van der Waals surface area contributed by atoms with Crippen LogP contribution in [0.15, 0.2) is 36.5 Å². The van der Waals surface area contributed by atoms with Crippen molar-refractivity contribution in [3.8, 4) is 0 Å². The molecule has 1 amide bonds. The van der Waals surface area contributed by atoms with E-state index < -0.39 is 0 Å². The smallest absolute Gasteiger partial charge is 0.247 e. The fraction of sp³-hybridized carbons (Fsp3) is 0.545. The number of hydrogen-bond acceptors (Lipinski definition) is 3. The molecule has 1 spiro atoms. The van der Waals surface area contributed by atoms with E-state index in [1.807, 2.05) is 23.1 Å². The Kier molecular flexibility index (Phi) is 3.90. The largest absolute Gasteiger partial charge is 0.310 e. The highest BCUT2D eigenvalue weighted by Crippen LogP contribution is 2.56. The average Bonchev–Trinajstić information content (AvgIpc) is 3.38. The minimum absolute atomic E-state index is 0.292. The maximum Gasteiger partial charge on any atom is 0.247 e. The summed E-state index contributed by atoms with van der Waals surface area (Å²) in [7, 11) is 0. The number of amides is 1. The Morgan fingerprint density at radius 2 is 2.07 bits per heavy atom. The van der Waals surface area contributed by atoms with Crippen molar-refractivity contribution in [1.82, 2.24) is 14.7 Å². The van der Waals surface area contributed by atoms with E-state index in [0.717, 1.165) is 56.7 Å². The average molecular weight is 364 g/mol. The molecule has 3 atom stereocenters. The lowest BCUT2D eigenvalue weighted by Crippen LogP contribution is -2.49. The monoisotopic (exact) mass is 364 g/mol. The van der Waals surface area contributed by atoms with Gasteiger partial charge < -0.3 is 4.90 Å². The van der Waals surface area contributed by atoms with Crippen LogP contribution in [0.1, 0.15) is 49.9 Å². The third-order valence-corrected chi connectivity index (χ3v) is 6.91. The highest BCUT2D eigenvalue weighted by molar-refractivity contribution is 6.03. The van der Waals surface area contributed by atoms with Crippen molar-refractivity contribution in [3.63, 3.8) is 0 Å². The molecule has 0 N–H and O–H groups in total. The van der Waals surface area contributed by atoms with Crippen LogP contribution in [0.5, 0.6) is 0 Å². The minimum Gasteiger partial charge on any atom is -0.310 e. The Labute approximate surface area is 161 Å². The van der Waals surface area contributed by atoms with Crippen LogP contribution in [-0.4, -0.2) is 39.2 Å². The highest BCUT2D eigenvalue weighted by atomic mass is 16.2. The summed E-state index contributed by atoms with van der Waals surface area (Å²) in [5.41, 5.74) is 3.21. The Bertz CT molecular complexity index is 860. The lowest BCUT2D eigenvalue weighted by atomic mass is 9.85. The highest BCUT2D eigenvalue weighted by Gasteiger charge is 2.65. The molecule has 5 rings (SSSR count). The van der Waals surface area contributed by atoms with Crippen LogP contribution >= 0.6 is 0 Å². The Morgan fingerprint density at radius 1 is 1.26 bits per heavy atom. The SMILES string of the molecule is CCCn1cc([C@@H]2C[C@H]3CN(c4ccccc4)C(=O)[C@]34CCCN24)c(C)n1. The van der Waals surface area contributed by atoms with Gasteiger partial charge in [-0.1, -0.05) is 25.1 Å². The van der Waals surface area contributed by atoms with E-state index in [9.17, 15) is 4.79 Å². The van der Waals surface area contributed by atoms with E-state index in [1.165, 1.54) is 5.56 Å². The van der Waals surface area contributed by atoms with Crippen molar-refractivity contribution >= 4 is 11.6 Å². The van der Waals surface area contributed by atoms with Gasteiger partial charge in [0.2, 0.25) is 5.91 Å². The van der Waals surface area contributed by atoms with Gasteiger partial charge in [0.1, 0.15) is 5.54 Å². The summed E-state index contributed by atoms with van der Waals surface area (Å²) < 4.78 is 2.08. The van der Waals surface area contributed by atoms with Crippen LogP contribution in [0, 0.1) is 12.8 Å². The molecule has 0 aliphatic carbocycles. The quantitative estimate of drug-likeness (QED) is 0.833. The molecule has 1 aromatic heterocycles. The summed E-state index contributed by atoms with van der Waals surface area (Å²) >= 11 is 0. The number of nitrogens with zero attached hydrogens (tertiary/aromatic N) is 4. The van der Waals surface area contributed by atoms with E-state index in [0.29, 0.717) is 17.9 Å². The normalized spacial score (nSPS) is 30.1. The van der Waals surface area contributed by atoms with Gasteiger partial charge in [-0.25, -0.2) is 0 Å². The third-order valence-electron chi connectivity index (χ3n) is 6.91. The van der Waals surface area contributed by atoms with E-state index in [1.54, 1.807) is 0 Å². The van der Waals surface area contributed by atoms with Crippen molar-refractivity contribution in [3.05, 3.63) is 47.8 Å². The van der Waals surface area contributed by atoms with Crippen molar-refractivity contribution in [2.45, 2.75) is 57.7 Å². The lowest BCUT2D eigenvalue weighted by molar-refractivity contribution is -0.126. The topological polar surface area (TPSA) is 41.4 Å². The first-order valence-corrected chi connectivity index (χ1v) is 10.3. The van der Waals surface area contributed by atoms with Crippen molar-refractivity contribution in [2.24, 2.45) is 5.92 Å². The molecule has 0 saturated carbocycles. The second kappa shape index (κ2) is 6.20. The molecule has 3 saturated heterocycles. The van der Waals surface area contributed by atoms with Crippen molar-refractivity contribution < 1.29 is 4.79 Å². The first-order chi connectivity index (χ1) is 13.1. The summed E-state index contributed by atoms with van der Waals surface area (Å²) in [4.78, 5) is 18.2. The molecule has 3 fully saturated rings. The molecule has 27 heavy (non-hydrogen) atoms. The number of aromatic nitrogens is 2. The van der Waals surface area contributed by atoms with Crippen LogP contribution in [0.3, 0.4) is 0 Å². The molecule has 2 aromatic rings. The third kappa shape index (κ3) is 2.34. The summed E-state index contributed by atoms with van der Waals surface area (Å²) in [6, 6.07) is 10.5. The summed E-state index contributed by atoms with van der Waals surface area (Å²) in [5, 5.41) is 4.73. The maximum absolute atomic E-state index is 13.6. The number of carbonyl (C=O) groups excluding carboxylic acids is 1. The maximum atomic E-state index is 13.6. The molecular formula is C22H28N4O. The van der Waals surface area contributed by atoms with Gasteiger partial charge in [-0.15, -0.1) is 0 Å². The number of anilines is 1. The lowest BCUT2D eigenvalue weighted by Gasteiger charge is -2.33. The van der Waals surface area contributed by atoms with Crippen LogP contribution in [-0.2, 0) is 11.3 Å². The van der Waals surface area contributed by atoms with E-state index in [2.05, 4.69) is 41.8 Å². The Morgan fingerprint density at radius 3 is 2.85 bits per heavy atom. The van der Waals surface area contributed by atoms with Crippen molar-refractivity contribution in [1.29, 1.82) is 0 Å². The van der Waals surface area contributed by atoms with Crippen molar-refractivity contribution in [2.75, 3.05) is 18.0 Å². The minimum atomic E-state index is -0.292. The standard InChI is InChI=1S/C22H28N4O/c1-3-11-24-15-19(16(2)23-24)20-13-17-14-25(18-8-5-4-6-9-18)21(27)22(17)10-7-12-26(20)22/h4-6,8-9,15,17,20H,3,7,10-14H2,1-2H3/t17-,20-,22-/m0/s1. The van der Waals surface area contributed by atoms with Gasteiger partial charge in [-0.2, -0.15) is 5.10 Å². The van der Waals surface area contributed by atoms with Gasteiger partial charge in [-0.3, -0.25) is 14.4 Å². The molecule has 3 aliphatic heterocycles. The zero-order valence-electron chi connectivity index (χ0n) is 16.3. The van der Waals surface area contributed by atoms with E-state index in [-0.39, 0.29) is 5.54 Å². The van der Waals surface area contributed by atoms with E-state index in [4.69, 9.17) is 5.10 Å². The second-order valence-corrected chi connectivity index (χ2v) is 8.35. The molecule has 1 aromatic carbocycles. The zero-order valence-corrected chi connectivity index (χ0v) is 16.3. The molecule has 0 radical (unpaired) electrons. The van der Waals surface area contributed by atoms with Gasteiger partial charge >= 0.3 is 0 Å². The molecule has 0 unspecified atom stereocenters. The summed E-state index contributed by atoms with van der Waals surface area (Å²) in [6.07, 6.45) is 6.50. The number of benzene rings is 1. The summed E-state index contributed by atoms with van der Waals surface area (Å²) in [6.45, 7) is 7.13. The number of rotatable bonds is 4. The summed E-state index contributed by atoms with van der Waals surface area (Å²) in [5.74, 6) is 0.726. The predicted molar refractivity (Wildman–Crippen MR) is 106 cm³/mol. The number of aryl methyl sites for hydroxylation is 2. The molecule has 4 heterocycles. The van der Waals surface area contributed by atoms with Gasteiger partial charge in [0, 0.05) is 42.5 Å². The second-order valence-electron chi connectivity index (χ2n) is 8.35. The number of hydrogen-bond donors (Lipinski definition) is 0. The fourth-order valence-corrected chi connectivity index (χ4v) is 5.82. The van der Waals surface area contributed by atoms with Crippen LogP contribution < -0.4 is 4.90 Å². The molecule has 5 heteroatoms. The predicted octanol–water partition coefficient (Wildman–Crippen LogP) is 3.54. The van der Waals surface area contributed by atoms with Gasteiger partial charge in [0.05, 0.1) is 5.69 Å². The zero-order chi connectivity index (χ0) is 18.6. The molecule has 0 bridgehead atoms. The van der Waals surface area contributed by atoms with Crippen LogP contribution in [0.2, 0.25) is 0 Å².